The smallest absolute Gasteiger partial charge is 0.247 e. The lowest BCUT2D eigenvalue weighted by atomic mass is 9.98. The highest BCUT2D eigenvalue weighted by atomic mass is 16.5. The summed E-state index contributed by atoms with van der Waals surface area (Å²) < 4.78 is 17.1. The molecular formula is C29H27NO4. The predicted octanol–water partition coefficient (Wildman–Crippen LogP) is 6.11. The molecule has 2 heterocycles. The molecule has 0 aliphatic carbocycles. The van der Waals surface area contributed by atoms with E-state index in [4.69, 9.17) is 13.9 Å². The van der Waals surface area contributed by atoms with E-state index in [-0.39, 0.29) is 5.91 Å². The number of para-hydroxylation sites is 1. The second-order valence-corrected chi connectivity index (χ2v) is 8.50. The van der Waals surface area contributed by atoms with E-state index < -0.39 is 0 Å². The number of benzene rings is 3. The summed E-state index contributed by atoms with van der Waals surface area (Å²) in [6.45, 7) is 3.30. The lowest BCUT2D eigenvalue weighted by Gasteiger charge is -2.28. The van der Waals surface area contributed by atoms with Gasteiger partial charge in [-0.25, -0.2) is 0 Å². The number of amides is 1. The Hall–Kier alpha value is -3.99. The fraction of sp³-hybridized carbons (Fsp3) is 0.207. The Labute approximate surface area is 199 Å². The number of rotatable bonds is 5. The van der Waals surface area contributed by atoms with E-state index in [0.29, 0.717) is 17.9 Å². The van der Waals surface area contributed by atoms with Crippen molar-refractivity contribution in [3.8, 4) is 22.6 Å². The molecule has 5 rings (SSSR count). The van der Waals surface area contributed by atoms with Crippen LogP contribution in [0.4, 0.5) is 0 Å². The predicted molar refractivity (Wildman–Crippen MR) is 134 cm³/mol. The number of carbonyl (C=O) groups is 1. The third-order valence-electron chi connectivity index (χ3n) is 6.50. The minimum Gasteiger partial charge on any atom is -0.496 e. The standard InChI is InChI=1S/C29H27NO4/c1-19(14-29(31)30-13-12-20-8-4-5-9-21(20)17-30)23-15-24-25(18-34-28(24)16-27(23)33-3)22-10-6-7-11-26(22)32-2/h4-11,14-16,18H,12-13,17H2,1-3H3/b19-14+. The third kappa shape index (κ3) is 3.94. The molecule has 0 atom stereocenters. The van der Waals surface area contributed by atoms with E-state index in [1.54, 1.807) is 26.6 Å². The highest BCUT2D eigenvalue weighted by molar-refractivity contribution is 6.01. The van der Waals surface area contributed by atoms with Gasteiger partial charge in [0.2, 0.25) is 5.91 Å². The van der Waals surface area contributed by atoms with E-state index in [0.717, 1.165) is 46.4 Å². The molecule has 0 fully saturated rings. The van der Waals surface area contributed by atoms with Crippen LogP contribution in [0.15, 0.2) is 77.4 Å². The monoisotopic (exact) mass is 453 g/mol. The molecule has 5 heteroatoms. The topological polar surface area (TPSA) is 51.9 Å². The van der Waals surface area contributed by atoms with Crippen molar-refractivity contribution < 1.29 is 18.7 Å². The average molecular weight is 454 g/mol. The minimum atomic E-state index is 0.00583. The zero-order chi connectivity index (χ0) is 23.7. The van der Waals surface area contributed by atoms with E-state index >= 15 is 0 Å². The van der Waals surface area contributed by atoms with Crippen molar-refractivity contribution >= 4 is 22.4 Å². The average Bonchev–Trinajstić information content (AvgIpc) is 3.30. The Morgan fingerprint density at radius 3 is 2.47 bits per heavy atom. The molecule has 34 heavy (non-hydrogen) atoms. The van der Waals surface area contributed by atoms with Crippen LogP contribution in [0.1, 0.15) is 23.6 Å². The van der Waals surface area contributed by atoms with Gasteiger partial charge < -0.3 is 18.8 Å². The Balaban J connectivity index is 1.51. The normalized spacial score (nSPS) is 13.6. The number of furan rings is 1. The van der Waals surface area contributed by atoms with Gasteiger partial charge in [-0.15, -0.1) is 0 Å². The van der Waals surface area contributed by atoms with Gasteiger partial charge in [-0.05, 0) is 42.2 Å². The lowest BCUT2D eigenvalue weighted by Crippen LogP contribution is -2.34. The van der Waals surface area contributed by atoms with E-state index in [2.05, 4.69) is 18.2 Å². The molecule has 5 nitrogen and oxygen atoms in total. The molecule has 0 N–H and O–H groups in total. The highest BCUT2D eigenvalue weighted by Gasteiger charge is 2.21. The molecule has 0 unspecified atom stereocenters. The molecular weight excluding hydrogens is 426 g/mol. The van der Waals surface area contributed by atoms with Crippen LogP contribution in [0.2, 0.25) is 0 Å². The molecule has 0 radical (unpaired) electrons. The molecule has 172 valence electrons. The molecule has 4 aromatic rings. The van der Waals surface area contributed by atoms with Crippen molar-refractivity contribution in [1.29, 1.82) is 0 Å². The molecule has 0 saturated heterocycles. The quantitative estimate of drug-likeness (QED) is 0.342. The second-order valence-electron chi connectivity index (χ2n) is 8.50. The highest BCUT2D eigenvalue weighted by Crippen LogP contribution is 2.40. The van der Waals surface area contributed by atoms with Gasteiger partial charge in [0.15, 0.2) is 0 Å². The molecule has 1 aromatic heterocycles. The fourth-order valence-corrected chi connectivity index (χ4v) is 4.65. The molecule has 1 amide bonds. The van der Waals surface area contributed by atoms with Crippen LogP contribution in [0, 0.1) is 0 Å². The zero-order valence-corrected chi connectivity index (χ0v) is 19.6. The van der Waals surface area contributed by atoms with Crippen LogP contribution in [0.25, 0.3) is 27.7 Å². The summed E-state index contributed by atoms with van der Waals surface area (Å²) in [6, 6.07) is 20.1. The number of carbonyl (C=O) groups excluding carboxylic acids is 1. The van der Waals surface area contributed by atoms with Gasteiger partial charge in [-0.2, -0.15) is 0 Å². The second kappa shape index (κ2) is 9.10. The number of fused-ring (bicyclic) bond motifs is 2. The maximum Gasteiger partial charge on any atom is 0.247 e. The molecule has 1 aliphatic rings. The SMILES string of the molecule is COc1cc2occ(-c3ccccc3OC)c2cc1/C(C)=C/C(=O)N1CCc2ccccc2C1. The minimum absolute atomic E-state index is 0.00583. The molecule has 3 aromatic carbocycles. The molecule has 0 bridgehead atoms. The summed E-state index contributed by atoms with van der Waals surface area (Å²) in [7, 11) is 3.29. The number of nitrogens with zero attached hydrogens (tertiary/aromatic N) is 1. The van der Waals surface area contributed by atoms with Crippen molar-refractivity contribution in [3.63, 3.8) is 0 Å². The van der Waals surface area contributed by atoms with Crippen LogP contribution in [0.5, 0.6) is 11.5 Å². The number of ether oxygens (including phenoxy) is 2. The van der Waals surface area contributed by atoms with Crippen molar-refractivity contribution in [2.24, 2.45) is 0 Å². The first kappa shape index (κ1) is 21.8. The third-order valence-corrected chi connectivity index (χ3v) is 6.50. The largest absolute Gasteiger partial charge is 0.496 e. The number of hydrogen-bond acceptors (Lipinski definition) is 4. The molecule has 1 aliphatic heterocycles. The summed E-state index contributed by atoms with van der Waals surface area (Å²) >= 11 is 0. The van der Waals surface area contributed by atoms with Gasteiger partial charge in [0.1, 0.15) is 17.1 Å². The molecule has 0 spiro atoms. The van der Waals surface area contributed by atoms with Crippen LogP contribution in [0.3, 0.4) is 0 Å². The van der Waals surface area contributed by atoms with Gasteiger partial charge >= 0.3 is 0 Å². The number of methoxy groups -OCH3 is 2. The maximum atomic E-state index is 13.2. The van der Waals surface area contributed by atoms with E-state index in [9.17, 15) is 4.79 Å². The van der Waals surface area contributed by atoms with E-state index in [1.165, 1.54) is 11.1 Å². The Bertz CT molecular complexity index is 1400. The molecule has 0 saturated carbocycles. The van der Waals surface area contributed by atoms with Gasteiger partial charge in [-0.1, -0.05) is 42.5 Å². The van der Waals surface area contributed by atoms with Crippen LogP contribution >= 0.6 is 0 Å². The summed E-state index contributed by atoms with van der Waals surface area (Å²) in [6.07, 6.45) is 4.32. The van der Waals surface area contributed by atoms with Gasteiger partial charge in [0.05, 0.1) is 20.5 Å². The van der Waals surface area contributed by atoms with Crippen LogP contribution in [-0.2, 0) is 17.8 Å². The zero-order valence-electron chi connectivity index (χ0n) is 19.6. The first-order valence-corrected chi connectivity index (χ1v) is 11.4. The van der Waals surface area contributed by atoms with Gasteiger partial charge in [0, 0.05) is 47.3 Å². The van der Waals surface area contributed by atoms with Crippen molar-refractivity contribution in [2.75, 3.05) is 20.8 Å². The van der Waals surface area contributed by atoms with Gasteiger partial charge in [0.25, 0.3) is 0 Å². The maximum absolute atomic E-state index is 13.2. The number of hydrogen-bond donors (Lipinski definition) is 0. The summed E-state index contributed by atoms with van der Waals surface area (Å²) in [5, 5.41) is 0.937. The van der Waals surface area contributed by atoms with Crippen LogP contribution in [-0.4, -0.2) is 31.6 Å². The Morgan fingerprint density at radius 1 is 0.941 bits per heavy atom. The Morgan fingerprint density at radius 2 is 1.68 bits per heavy atom. The summed E-state index contributed by atoms with van der Waals surface area (Å²) in [5.41, 5.74) is 6.84. The van der Waals surface area contributed by atoms with Crippen molar-refractivity contribution in [3.05, 3.63) is 89.7 Å². The van der Waals surface area contributed by atoms with Gasteiger partial charge in [-0.3, -0.25) is 4.79 Å². The lowest BCUT2D eigenvalue weighted by molar-refractivity contribution is -0.126. The fourth-order valence-electron chi connectivity index (χ4n) is 4.65. The van der Waals surface area contributed by atoms with Crippen molar-refractivity contribution in [1.82, 2.24) is 4.90 Å². The van der Waals surface area contributed by atoms with Crippen molar-refractivity contribution in [2.45, 2.75) is 19.9 Å². The van der Waals surface area contributed by atoms with E-state index in [1.807, 2.05) is 54.3 Å². The first-order chi connectivity index (χ1) is 16.6. The Kier molecular flexibility index (Phi) is 5.84. The number of allylic oxidation sites excluding steroid dienone is 1. The summed E-state index contributed by atoms with van der Waals surface area (Å²) in [4.78, 5) is 15.0. The first-order valence-electron chi connectivity index (χ1n) is 11.4. The van der Waals surface area contributed by atoms with Crippen LogP contribution < -0.4 is 9.47 Å². The summed E-state index contributed by atoms with van der Waals surface area (Å²) in [5.74, 6) is 1.45.